The van der Waals surface area contributed by atoms with E-state index in [1.165, 1.54) is 11.3 Å². The van der Waals surface area contributed by atoms with Gasteiger partial charge in [-0.05, 0) is 19.8 Å². The summed E-state index contributed by atoms with van der Waals surface area (Å²) in [5.41, 5.74) is 0.905. The first kappa shape index (κ1) is 16.4. The van der Waals surface area contributed by atoms with E-state index in [9.17, 15) is 9.59 Å². The molecule has 0 saturated carbocycles. The van der Waals surface area contributed by atoms with Gasteiger partial charge in [-0.1, -0.05) is 20.3 Å². The van der Waals surface area contributed by atoms with Gasteiger partial charge in [-0.15, -0.1) is 11.3 Å². The van der Waals surface area contributed by atoms with Crippen molar-refractivity contribution < 1.29 is 14.7 Å². The summed E-state index contributed by atoms with van der Waals surface area (Å²) in [6.07, 6.45) is 0.679. The molecule has 0 bridgehead atoms. The van der Waals surface area contributed by atoms with Gasteiger partial charge in [0.25, 0.3) is 0 Å². The summed E-state index contributed by atoms with van der Waals surface area (Å²) in [6.45, 7) is 7.39. The van der Waals surface area contributed by atoms with Gasteiger partial charge in [0.1, 0.15) is 11.0 Å². The molecule has 1 heterocycles. The Hall–Kier alpha value is -1.63. The number of aliphatic carboxylic acids is 1. The molecule has 0 aromatic carbocycles. The van der Waals surface area contributed by atoms with Gasteiger partial charge in [-0.3, -0.25) is 0 Å². The molecule has 7 heteroatoms. The standard InChI is InChI=1S/C13H21N3O3S/c1-5-7(2)10(12(17)18)16-13(19)15-9(4)11-14-8(3)6-20-11/h6-7,9-10H,5H2,1-4H3,(H,17,18)(H2,15,16,19)/t7?,9?,10-/m0/s1. The van der Waals surface area contributed by atoms with Crippen LogP contribution in [0.25, 0.3) is 0 Å². The van der Waals surface area contributed by atoms with Crippen LogP contribution in [-0.2, 0) is 4.79 Å². The normalized spacial score (nSPS) is 15.2. The van der Waals surface area contributed by atoms with Crippen LogP contribution in [0.4, 0.5) is 4.79 Å². The Labute approximate surface area is 122 Å². The Morgan fingerprint density at radius 2 is 2.05 bits per heavy atom. The van der Waals surface area contributed by atoms with E-state index in [0.717, 1.165) is 10.7 Å². The number of carbonyl (C=O) groups is 2. The molecule has 0 saturated heterocycles. The molecule has 3 atom stereocenters. The molecule has 2 amide bonds. The average Bonchev–Trinajstić information content (AvgIpc) is 2.81. The molecule has 3 N–H and O–H groups in total. The van der Waals surface area contributed by atoms with Crippen molar-refractivity contribution in [3.8, 4) is 0 Å². The summed E-state index contributed by atoms with van der Waals surface area (Å²) in [5.74, 6) is -1.15. The van der Waals surface area contributed by atoms with Crippen LogP contribution in [0.1, 0.15) is 43.9 Å². The number of thiazole rings is 1. The van der Waals surface area contributed by atoms with E-state index in [1.807, 2.05) is 26.2 Å². The molecular weight excluding hydrogens is 278 g/mol. The second-order valence-corrected chi connectivity index (χ2v) is 5.76. The number of nitrogens with one attached hydrogen (secondary N) is 2. The smallest absolute Gasteiger partial charge is 0.326 e. The van der Waals surface area contributed by atoms with Gasteiger partial charge < -0.3 is 15.7 Å². The number of carboxylic acid groups (broad SMARTS) is 1. The van der Waals surface area contributed by atoms with Gasteiger partial charge in [-0.25, -0.2) is 14.6 Å². The van der Waals surface area contributed by atoms with Gasteiger partial charge in [0.15, 0.2) is 0 Å². The van der Waals surface area contributed by atoms with Crippen LogP contribution < -0.4 is 10.6 Å². The molecule has 1 aromatic rings. The van der Waals surface area contributed by atoms with Gasteiger partial charge in [-0.2, -0.15) is 0 Å². The lowest BCUT2D eigenvalue weighted by molar-refractivity contribution is -0.140. The molecule has 2 unspecified atom stereocenters. The molecular formula is C13H21N3O3S. The fourth-order valence-corrected chi connectivity index (χ4v) is 2.50. The second-order valence-electron chi connectivity index (χ2n) is 4.87. The minimum Gasteiger partial charge on any atom is -0.480 e. The van der Waals surface area contributed by atoms with E-state index in [4.69, 9.17) is 5.11 Å². The largest absolute Gasteiger partial charge is 0.480 e. The van der Waals surface area contributed by atoms with Crippen molar-refractivity contribution in [3.05, 3.63) is 16.1 Å². The Morgan fingerprint density at radius 3 is 2.50 bits per heavy atom. The van der Waals surface area contributed by atoms with Crippen LogP contribution in [0.3, 0.4) is 0 Å². The van der Waals surface area contributed by atoms with Crippen molar-refractivity contribution in [2.75, 3.05) is 0 Å². The number of amides is 2. The highest BCUT2D eigenvalue weighted by Crippen LogP contribution is 2.17. The average molecular weight is 299 g/mol. The molecule has 112 valence electrons. The van der Waals surface area contributed by atoms with E-state index < -0.39 is 18.0 Å². The van der Waals surface area contributed by atoms with E-state index >= 15 is 0 Å². The summed E-state index contributed by atoms with van der Waals surface area (Å²) >= 11 is 1.47. The van der Waals surface area contributed by atoms with E-state index in [-0.39, 0.29) is 12.0 Å². The fourth-order valence-electron chi connectivity index (χ4n) is 1.70. The number of hydrogen-bond acceptors (Lipinski definition) is 4. The zero-order valence-corrected chi connectivity index (χ0v) is 13.0. The molecule has 20 heavy (non-hydrogen) atoms. The van der Waals surface area contributed by atoms with Crippen LogP contribution >= 0.6 is 11.3 Å². The number of carbonyl (C=O) groups excluding carboxylic acids is 1. The van der Waals surface area contributed by atoms with Crippen LogP contribution in [-0.4, -0.2) is 28.1 Å². The SMILES string of the molecule is CCC(C)[C@H](NC(=O)NC(C)c1nc(C)cs1)C(=O)O. The summed E-state index contributed by atoms with van der Waals surface area (Å²) in [5, 5.41) is 17.0. The molecule has 0 fully saturated rings. The Bertz CT molecular complexity index is 475. The van der Waals surface area contributed by atoms with Crippen molar-refractivity contribution in [3.63, 3.8) is 0 Å². The maximum absolute atomic E-state index is 11.9. The molecule has 0 spiro atoms. The number of nitrogens with zero attached hydrogens (tertiary/aromatic N) is 1. The Kier molecular flexibility index (Phi) is 5.94. The molecule has 0 radical (unpaired) electrons. The molecule has 0 aliphatic heterocycles. The Balaban J connectivity index is 2.59. The first-order valence-electron chi connectivity index (χ1n) is 6.57. The molecule has 0 aliphatic carbocycles. The molecule has 1 rings (SSSR count). The maximum Gasteiger partial charge on any atom is 0.326 e. The Morgan fingerprint density at radius 1 is 1.40 bits per heavy atom. The zero-order valence-electron chi connectivity index (χ0n) is 12.1. The van der Waals surface area contributed by atoms with Crippen molar-refractivity contribution in [2.45, 2.75) is 46.2 Å². The highest BCUT2D eigenvalue weighted by molar-refractivity contribution is 7.09. The van der Waals surface area contributed by atoms with Crippen molar-refractivity contribution >= 4 is 23.3 Å². The third-order valence-corrected chi connectivity index (χ3v) is 4.27. The highest BCUT2D eigenvalue weighted by atomic mass is 32.1. The summed E-state index contributed by atoms with van der Waals surface area (Å²) in [6, 6.07) is -1.62. The van der Waals surface area contributed by atoms with E-state index in [0.29, 0.717) is 6.42 Å². The third-order valence-electron chi connectivity index (χ3n) is 3.12. The van der Waals surface area contributed by atoms with E-state index in [1.54, 1.807) is 6.92 Å². The topological polar surface area (TPSA) is 91.3 Å². The number of aromatic nitrogens is 1. The number of carboxylic acids is 1. The minimum atomic E-state index is -1.02. The van der Waals surface area contributed by atoms with Crippen LogP contribution in [0.2, 0.25) is 0 Å². The molecule has 1 aromatic heterocycles. The fraction of sp³-hybridized carbons (Fsp3) is 0.615. The molecule has 6 nitrogen and oxygen atoms in total. The monoisotopic (exact) mass is 299 g/mol. The van der Waals surface area contributed by atoms with Gasteiger partial charge in [0, 0.05) is 11.1 Å². The predicted octanol–water partition coefficient (Wildman–Crippen LogP) is 2.31. The highest BCUT2D eigenvalue weighted by Gasteiger charge is 2.26. The zero-order chi connectivity index (χ0) is 15.3. The van der Waals surface area contributed by atoms with Crippen LogP contribution in [0.15, 0.2) is 5.38 Å². The van der Waals surface area contributed by atoms with Gasteiger partial charge in [0.05, 0.1) is 6.04 Å². The minimum absolute atomic E-state index is 0.129. The van der Waals surface area contributed by atoms with Crippen molar-refractivity contribution in [2.24, 2.45) is 5.92 Å². The number of rotatable bonds is 6. The van der Waals surface area contributed by atoms with Crippen LogP contribution in [0, 0.1) is 12.8 Å². The number of hydrogen-bond donors (Lipinski definition) is 3. The lowest BCUT2D eigenvalue weighted by Gasteiger charge is -2.21. The van der Waals surface area contributed by atoms with Gasteiger partial charge in [0.2, 0.25) is 0 Å². The maximum atomic E-state index is 11.9. The van der Waals surface area contributed by atoms with Crippen molar-refractivity contribution in [1.82, 2.24) is 15.6 Å². The van der Waals surface area contributed by atoms with E-state index in [2.05, 4.69) is 15.6 Å². The number of urea groups is 1. The van der Waals surface area contributed by atoms with Gasteiger partial charge >= 0.3 is 12.0 Å². The van der Waals surface area contributed by atoms with Crippen LogP contribution in [0.5, 0.6) is 0 Å². The number of aryl methyl sites for hydroxylation is 1. The predicted molar refractivity (Wildman–Crippen MR) is 77.8 cm³/mol. The summed E-state index contributed by atoms with van der Waals surface area (Å²) < 4.78 is 0. The first-order valence-corrected chi connectivity index (χ1v) is 7.45. The third kappa shape index (κ3) is 4.48. The lowest BCUT2D eigenvalue weighted by atomic mass is 9.99. The van der Waals surface area contributed by atoms with Crippen molar-refractivity contribution in [1.29, 1.82) is 0 Å². The molecule has 0 aliphatic rings. The lowest BCUT2D eigenvalue weighted by Crippen LogP contribution is -2.49. The summed E-state index contributed by atoms with van der Waals surface area (Å²) in [4.78, 5) is 27.3. The summed E-state index contributed by atoms with van der Waals surface area (Å²) in [7, 11) is 0. The quantitative estimate of drug-likeness (QED) is 0.751. The first-order chi connectivity index (χ1) is 9.35. The second kappa shape index (κ2) is 7.23.